The summed E-state index contributed by atoms with van der Waals surface area (Å²) in [5.41, 5.74) is 4.04. The van der Waals surface area contributed by atoms with E-state index in [1.165, 1.54) is 0 Å². The van der Waals surface area contributed by atoms with Crippen LogP contribution in [0, 0.1) is 0 Å². The van der Waals surface area contributed by atoms with Gasteiger partial charge in [0.2, 0.25) is 0 Å². The summed E-state index contributed by atoms with van der Waals surface area (Å²) in [6, 6.07) is 21.0. The summed E-state index contributed by atoms with van der Waals surface area (Å²) in [5, 5.41) is 19.4. The fourth-order valence-corrected chi connectivity index (χ4v) is 4.37. The molecule has 7 nitrogen and oxygen atoms in total. The molecule has 2 aromatic carbocycles. The van der Waals surface area contributed by atoms with Crippen molar-refractivity contribution in [2.75, 3.05) is 24.5 Å². The molecule has 33 heavy (non-hydrogen) atoms. The predicted molar refractivity (Wildman–Crippen MR) is 128 cm³/mol. The van der Waals surface area contributed by atoms with Gasteiger partial charge in [0.05, 0.1) is 6.61 Å². The molecular weight excluding hydrogens is 414 g/mol. The molecule has 0 saturated carbocycles. The predicted octanol–water partition coefficient (Wildman–Crippen LogP) is 3.54. The SMILES string of the molecule is CC1CN(C(=O)c2ccccc2)CCN1c1nnc(-c2ccc(CO)cc2)c2cccnc12. The lowest BCUT2D eigenvalue weighted by atomic mass is 10.0. The number of rotatable bonds is 4. The van der Waals surface area contributed by atoms with Crippen molar-refractivity contribution in [1.82, 2.24) is 20.1 Å². The van der Waals surface area contributed by atoms with Crippen LogP contribution in [0.2, 0.25) is 0 Å². The number of aliphatic hydroxyl groups excluding tert-OH is 1. The largest absolute Gasteiger partial charge is 0.392 e. The Morgan fingerprint density at radius 2 is 1.79 bits per heavy atom. The quantitative estimate of drug-likeness (QED) is 0.524. The molecule has 1 aliphatic heterocycles. The highest BCUT2D eigenvalue weighted by Gasteiger charge is 2.30. The smallest absolute Gasteiger partial charge is 0.253 e. The van der Waals surface area contributed by atoms with E-state index >= 15 is 0 Å². The van der Waals surface area contributed by atoms with Gasteiger partial charge in [-0.1, -0.05) is 42.5 Å². The molecule has 1 atom stereocenters. The lowest BCUT2D eigenvalue weighted by Crippen LogP contribution is -2.54. The van der Waals surface area contributed by atoms with E-state index in [2.05, 4.69) is 27.0 Å². The molecule has 166 valence electrons. The Labute approximate surface area is 192 Å². The van der Waals surface area contributed by atoms with Crippen molar-refractivity contribution in [3.8, 4) is 11.3 Å². The van der Waals surface area contributed by atoms with Crippen molar-refractivity contribution in [3.05, 3.63) is 84.1 Å². The molecule has 7 heteroatoms. The molecule has 1 N–H and O–H groups in total. The number of anilines is 1. The number of pyridine rings is 1. The van der Waals surface area contributed by atoms with E-state index < -0.39 is 0 Å². The number of carbonyl (C=O) groups is 1. The van der Waals surface area contributed by atoms with Crippen molar-refractivity contribution in [2.45, 2.75) is 19.6 Å². The molecule has 1 saturated heterocycles. The van der Waals surface area contributed by atoms with Crippen LogP contribution in [0.5, 0.6) is 0 Å². The van der Waals surface area contributed by atoms with E-state index in [0.29, 0.717) is 25.2 Å². The van der Waals surface area contributed by atoms with E-state index in [1.807, 2.05) is 71.6 Å². The molecule has 1 aliphatic rings. The van der Waals surface area contributed by atoms with Gasteiger partial charge in [-0.2, -0.15) is 0 Å². The van der Waals surface area contributed by atoms with E-state index in [1.54, 1.807) is 6.20 Å². The van der Waals surface area contributed by atoms with Gasteiger partial charge < -0.3 is 14.9 Å². The van der Waals surface area contributed by atoms with Gasteiger partial charge in [-0.05, 0) is 36.8 Å². The molecule has 4 aromatic rings. The van der Waals surface area contributed by atoms with Gasteiger partial charge in [-0.25, -0.2) is 0 Å². The zero-order valence-corrected chi connectivity index (χ0v) is 18.4. The molecular formula is C26H25N5O2. The van der Waals surface area contributed by atoms with Gasteiger partial charge in [0.25, 0.3) is 5.91 Å². The fourth-order valence-electron chi connectivity index (χ4n) is 4.37. The highest BCUT2D eigenvalue weighted by atomic mass is 16.3. The molecule has 1 amide bonds. The summed E-state index contributed by atoms with van der Waals surface area (Å²) >= 11 is 0. The normalized spacial score (nSPS) is 16.2. The van der Waals surface area contributed by atoms with Gasteiger partial charge in [0.1, 0.15) is 11.2 Å². The molecule has 5 rings (SSSR count). The number of amides is 1. The van der Waals surface area contributed by atoms with Crippen LogP contribution in [0.25, 0.3) is 22.2 Å². The van der Waals surface area contributed by atoms with Crippen LogP contribution in [0.4, 0.5) is 5.82 Å². The first kappa shape index (κ1) is 21.0. The van der Waals surface area contributed by atoms with Crippen molar-refractivity contribution in [1.29, 1.82) is 0 Å². The zero-order valence-electron chi connectivity index (χ0n) is 18.4. The molecule has 1 fully saturated rings. The van der Waals surface area contributed by atoms with E-state index in [-0.39, 0.29) is 18.6 Å². The van der Waals surface area contributed by atoms with Crippen molar-refractivity contribution in [2.24, 2.45) is 0 Å². The molecule has 0 spiro atoms. The minimum atomic E-state index is 0.00381. The van der Waals surface area contributed by atoms with Crippen molar-refractivity contribution < 1.29 is 9.90 Å². The van der Waals surface area contributed by atoms with Crippen LogP contribution in [0.1, 0.15) is 22.8 Å². The number of aliphatic hydroxyl groups is 1. The van der Waals surface area contributed by atoms with Crippen LogP contribution in [-0.4, -0.2) is 56.8 Å². The number of nitrogens with zero attached hydrogens (tertiary/aromatic N) is 5. The van der Waals surface area contributed by atoms with Gasteiger partial charge >= 0.3 is 0 Å². The summed E-state index contributed by atoms with van der Waals surface area (Å²) in [5.74, 6) is 0.790. The van der Waals surface area contributed by atoms with Crippen LogP contribution < -0.4 is 4.90 Å². The van der Waals surface area contributed by atoms with Crippen LogP contribution >= 0.6 is 0 Å². The Morgan fingerprint density at radius 1 is 1.00 bits per heavy atom. The molecule has 0 aliphatic carbocycles. The van der Waals surface area contributed by atoms with Crippen LogP contribution in [0.15, 0.2) is 72.9 Å². The third kappa shape index (κ3) is 4.03. The highest BCUT2D eigenvalue weighted by molar-refractivity contribution is 5.98. The number of fused-ring (bicyclic) bond motifs is 1. The standard InChI is InChI=1S/C26H25N5O2/c1-18-16-30(26(33)21-6-3-2-4-7-21)14-15-31(18)25-24-22(8-5-13-27-24)23(28-29-25)20-11-9-19(17-32)10-12-20/h2-13,18,32H,14-17H2,1H3. The molecule has 3 heterocycles. The maximum atomic E-state index is 12.9. The molecule has 0 bridgehead atoms. The third-order valence-corrected chi connectivity index (χ3v) is 6.14. The Bertz CT molecular complexity index is 1280. The summed E-state index contributed by atoms with van der Waals surface area (Å²) < 4.78 is 0. The fraction of sp³-hybridized carbons (Fsp3) is 0.231. The van der Waals surface area contributed by atoms with Gasteiger partial charge in [0, 0.05) is 48.4 Å². The zero-order chi connectivity index (χ0) is 22.8. The first-order valence-electron chi connectivity index (χ1n) is 11.1. The van der Waals surface area contributed by atoms with E-state index in [4.69, 9.17) is 0 Å². The number of hydrogen-bond acceptors (Lipinski definition) is 6. The van der Waals surface area contributed by atoms with Gasteiger partial charge in [-0.15, -0.1) is 10.2 Å². The van der Waals surface area contributed by atoms with E-state index in [0.717, 1.165) is 33.5 Å². The van der Waals surface area contributed by atoms with Gasteiger partial charge in [-0.3, -0.25) is 9.78 Å². The van der Waals surface area contributed by atoms with Crippen LogP contribution in [-0.2, 0) is 6.61 Å². The Morgan fingerprint density at radius 3 is 2.52 bits per heavy atom. The Balaban J connectivity index is 1.44. The first-order valence-corrected chi connectivity index (χ1v) is 11.1. The Hall–Kier alpha value is -3.84. The van der Waals surface area contributed by atoms with Crippen molar-refractivity contribution >= 4 is 22.6 Å². The second-order valence-electron chi connectivity index (χ2n) is 8.29. The highest BCUT2D eigenvalue weighted by Crippen LogP contribution is 2.31. The van der Waals surface area contributed by atoms with Crippen LogP contribution in [0.3, 0.4) is 0 Å². The maximum Gasteiger partial charge on any atom is 0.253 e. The second-order valence-corrected chi connectivity index (χ2v) is 8.29. The molecule has 2 aromatic heterocycles. The summed E-state index contributed by atoms with van der Waals surface area (Å²) in [6.45, 7) is 3.98. The lowest BCUT2D eigenvalue weighted by Gasteiger charge is -2.40. The van der Waals surface area contributed by atoms with E-state index in [9.17, 15) is 9.90 Å². The average molecular weight is 440 g/mol. The summed E-state index contributed by atoms with van der Waals surface area (Å²) in [7, 11) is 0. The minimum absolute atomic E-state index is 0.00381. The second kappa shape index (κ2) is 8.96. The molecule has 1 unspecified atom stereocenters. The number of aromatic nitrogens is 3. The van der Waals surface area contributed by atoms with Crippen molar-refractivity contribution in [3.63, 3.8) is 0 Å². The maximum absolute atomic E-state index is 12.9. The lowest BCUT2D eigenvalue weighted by molar-refractivity contribution is 0.0726. The number of hydrogen-bond donors (Lipinski definition) is 1. The van der Waals surface area contributed by atoms with Gasteiger partial charge in [0.15, 0.2) is 5.82 Å². The average Bonchev–Trinajstić information content (AvgIpc) is 2.88. The number of carbonyl (C=O) groups excluding carboxylic acids is 1. The summed E-state index contributed by atoms with van der Waals surface area (Å²) in [4.78, 5) is 21.6. The minimum Gasteiger partial charge on any atom is -0.392 e. The number of piperazine rings is 1. The topological polar surface area (TPSA) is 82.5 Å². The molecule has 0 radical (unpaired) electrons. The monoisotopic (exact) mass is 439 g/mol. The number of benzene rings is 2. The third-order valence-electron chi connectivity index (χ3n) is 6.14. The first-order chi connectivity index (χ1) is 16.2. The Kier molecular flexibility index (Phi) is 5.71. The summed E-state index contributed by atoms with van der Waals surface area (Å²) in [6.07, 6.45) is 1.77.